The topological polar surface area (TPSA) is 58.7 Å². The van der Waals surface area contributed by atoms with Crippen LogP contribution in [0.3, 0.4) is 0 Å². The number of hydrogen-bond donors (Lipinski definition) is 1. The summed E-state index contributed by atoms with van der Waals surface area (Å²) in [7, 11) is 0. The van der Waals surface area contributed by atoms with Gasteiger partial charge in [-0.3, -0.25) is 4.90 Å². The van der Waals surface area contributed by atoms with Gasteiger partial charge >= 0.3 is 0 Å². The normalized spacial score (nSPS) is 21.0. The Hall–Kier alpha value is -1.21. The van der Waals surface area contributed by atoms with Crippen LogP contribution in [0, 0.1) is 0 Å². The lowest BCUT2D eigenvalue weighted by Gasteiger charge is -2.36. The Labute approximate surface area is 140 Å². The number of thiazole rings is 1. The van der Waals surface area contributed by atoms with Gasteiger partial charge in [0.15, 0.2) is 0 Å². The van der Waals surface area contributed by atoms with Gasteiger partial charge in [-0.25, -0.2) is 4.98 Å². The van der Waals surface area contributed by atoms with E-state index in [1.165, 1.54) is 9.88 Å². The molecule has 0 bridgehead atoms. The van der Waals surface area contributed by atoms with E-state index < -0.39 is 6.10 Å². The summed E-state index contributed by atoms with van der Waals surface area (Å²) < 4.78 is 10.9. The molecule has 2 aromatic heterocycles. The highest BCUT2D eigenvalue weighted by atomic mass is 32.1. The van der Waals surface area contributed by atoms with Crippen molar-refractivity contribution in [2.75, 3.05) is 19.8 Å². The number of furan rings is 1. The zero-order valence-corrected chi connectivity index (χ0v) is 14.5. The van der Waals surface area contributed by atoms with E-state index in [-0.39, 0.29) is 6.04 Å². The van der Waals surface area contributed by atoms with Gasteiger partial charge in [0.2, 0.25) is 0 Å². The van der Waals surface area contributed by atoms with E-state index in [4.69, 9.17) is 9.15 Å². The SMILES string of the molecule is CC(C)c1ncc(CN2CCOCC2CC(O)c2ccco2)s1. The predicted octanol–water partition coefficient (Wildman–Crippen LogP) is 3.18. The molecule has 0 amide bonds. The molecule has 3 rings (SSSR count). The molecule has 126 valence electrons. The van der Waals surface area contributed by atoms with Crippen LogP contribution in [0.4, 0.5) is 0 Å². The first-order valence-electron chi connectivity index (χ1n) is 8.11. The van der Waals surface area contributed by atoms with Crippen molar-refractivity contribution in [3.8, 4) is 0 Å². The number of aliphatic hydroxyl groups excluding tert-OH is 1. The molecule has 1 fully saturated rings. The third-order valence-corrected chi connectivity index (χ3v) is 5.42. The number of rotatable bonds is 6. The lowest BCUT2D eigenvalue weighted by molar-refractivity contribution is -0.0319. The van der Waals surface area contributed by atoms with Crippen LogP contribution in [0.15, 0.2) is 29.0 Å². The van der Waals surface area contributed by atoms with Crippen molar-refractivity contribution in [1.82, 2.24) is 9.88 Å². The Morgan fingerprint density at radius 2 is 2.35 bits per heavy atom. The molecule has 2 atom stereocenters. The maximum absolute atomic E-state index is 10.3. The van der Waals surface area contributed by atoms with Crippen LogP contribution in [0.25, 0.3) is 0 Å². The van der Waals surface area contributed by atoms with Gasteiger partial charge in [0.05, 0.1) is 24.5 Å². The fraction of sp³-hybridized carbons (Fsp3) is 0.588. The maximum Gasteiger partial charge on any atom is 0.132 e. The molecule has 5 nitrogen and oxygen atoms in total. The molecule has 2 aromatic rings. The third kappa shape index (κ3) is 4.20. The van der Waals surface area contributed by atoms with Crippen LogP contribution in [-0.4, -0.2) is 40.8 Å². The fourth-order valence-electron chi connectivity index (χ4n) is 2.83. The minimum Gasteiger partial charge on any atom is -0.467 e. The summed E-state index contributed by atoms with van der Waals surface area (Å²) in [6.07, 6.45) is 3.60. The van der Waals surface area contributed by atoms with Crippen molar-refractivity contribution < 1.29 is 14.3 Å². The van der Waals surface area contributed by atoms with Crippen molar-refractivity contribution in [3.05, 3.63) is 40.2 Å². The van der Waals surface area contributed by atoms with E-state index in [2.05, 4.69) is 23.7 Å². The molecule has 0 spiro atoms. The van der Waals surface area contributed by atoms with E-state index in [0.29, 0.717) is 24.7 Å². The van der Waals surface area contributed by atoms with Crippen LogP contribution in [0.5, 0.6) is 0 Å². The molecule has 0 aromatic carbocycles. The second kappa shape index (κ2) is 7.57. The molecule has 6 heteroatoms. The predicted molar refractivity (Wildman–Crippen MR) is 89.5 cm³/mol. The first-order valence-corrected chi connectivity index (χ1v) is 8.93. The van der Waals surface area contributed by atoms with Crippen LogP contribution in [0.2, 0.25) is 0 Å². The molecule has 0 radical (unpaired) electrons. The van der Waals surface area contributed by atoms with Gasteiger partial charge in [-0.1, -0.05) is 13.8 Å². The molecule has 0 saturated carbocycles. The lowest BCUT2D eigenvalue weighted by atomic mass is 10.1. The number of hydrogen-bond acceptors (Lipinski definition) is 6. The summed E-state index contributed by atoms with van der Waals surface area (Å²) in [5.74, 6) is 1.09. The van der Waals surface area contributed by atoms with Gasteiger partial charge in [0.1, 0.15) is 11.9 Å². The van der Waals surface area contributed by atoms with E-state index >= 15 is 0 Å². The van der Waals surface area contributed by atoms with Crippen molar-refractivity contribution in [2.24, 2.45) is 0 Å². The summed E-state index contributed by atoms with van der Waals surface area (Å²) in [5.41, 5.74) is 0. The van der Waals surface area contributed by atoms with Gasteiger partial charge in [0.25, 0.3) is 0 Å². The van der Waals surface area contributed by atoms with Gasteiger partial charge < -0.3 is 14.3 Å². The Bertz CT molecular complexity index is 597. The largest absolute Gasteiger partial charge is 0.467 e. The van der Waals surface area contributed by atoms with Gasteiger partial charge in [-0.2, -0.15) is 0 Å². The molecule has 3 heterocycles. The number of ether oxygens (including phenoxy) is 1. The third-order valence-electron chi connectivity index (χ3n) is 4.14. The Kier molecular flexibility index (Phi) is 5.48. The molecular weight excluding hydrogens is 312 g/mol. The summed E-state index contributed by atoms with van der Waals surface area (Å²) in [6, 6.07) is 3.81. The highest BCUT2D eigenvalue weighted by molar-refractivity contribution is 7.11. The number of morpholine rings is 1. The van der Waals surface area contributed by atoms with Crippen LogP contribution in [-0.2, 0) is 11.3 Å². The minimum absolute atomic E-state index is 0.188. The van der Waals surface area contributed by atoms with Gasteiger partial charge in [0, 0.05) is 36.1 Å². The molecule has 2 unspecified atom stereocenters. The van der Waals surface area contributed by atoms with Crippen molar-refractivity contribution in [1.29, 1.82) is 0 Å². The maximum atomic E-state index is 10.3. The van der Waals surface area contributed by atoms with E-state index in [1.807, 2.05) is 12.3 Å². The first-order chi connectivity index (χ1) is 11.1. The average molecular weight is 336 g/mol. The zero-order chi connectivity index (χ0) is 16.2. The van der Waals surface area contributed by atoms with Gasteiger partial charge in [-0.05, 0) is 18.6 Å². The smallest absolute Gasteiger partial charge is 0.132 e. The molecular formula is C17H24N2O3S. The summed E-state index contributed by atoms with van der Waals surface area (Å²) >= 11 is 1.78. The second-order valence-corrected chi connectivity index (χ2v) is 7.43. The van der Waals surface area contributed by atoms with Crippen LogP contribution in [0.1, 0.15) is 47.9 Å². The second-order valence-electron chi connectivity index (χ2n) is 6.29. The molecule has 1 saturated heterocycles. The van der Waals surface area contributed by atoms with E-state index in [1.54, 1.807) is 23.7 Å². The quantitative estimate of drug-likeness (QED) is 0.878. The Morgan fingerprint density at radius 3 is 3.04 bits per heavy atom. The highest BCUT2D eigenvalue weighted by Crippen LogP contribution is 2.26. The lowest BCUT2D eigenvalue weighted by Crippen LogP contribution is -2.45. The number of aliphatic hydroxyl groups is 1. The zero-order valence-electron chi connectivity index (χ0n) is 13.6. The molecule has 0 aliphatic carbocycles. The van der Waals surface area contributed by atoms with Crippen LogP contribution >= 0.6 is 11.3 Å². The number of nitrogens with zero attached hydrogens (tertiary/aromatic N) is 2. The summed E-state index contributed by atoms with van der Waals surface area (Å²) in [5, 5.41) is 11.5. The van der Waals surface area contributed by atoms with E-state index in [9.17, 15) is 5.11 Å². The minimum atomic E-state index is -0.591. The summed E-state index contributed by atoms with van der Waals surface area (Å²) in [4.78, 5) is 8.16. The van der Waals surface area contributed by atoms with Crippen molar-refractivity contribution in [2.45, 2.75) is 44.9 Å². The van der Waals surface area contributed by atoms with E-state index in [0.717, 1.165) is 19.7 Å². The molecule has 23 heavy (non-hydrogen) atoms. The molecule has 1 aliphatic heterocycles. The standard InChI is InChI=1S/C17H24N2O3S/c1-12(2)17-18-9-14(23-17)10-19-5-7-21-11-13(19)8-15(20)16-4-3-6-22-16/h3-4,6,9,12-13,15,20H,5,7-8,10-11H2,1-2H3. The summed E-state index contributed by atoms with van der Waals surface area (Å²) in [6.45, 7) is 7.46. The fourth-order valence-corrected chi connectivity index (χ4v) is 3.78. The first kappa shape index (κ1) is 16.6. The Balaban J connectivity index is 1.63. The van der Waals surface area contributed by atoms with Crippen molar-refractivity contribution >= 4 is 11.3 Å². The molecule has 1 N–H and O–H groups in total. The highest BCUT2D eigenvalue weighted by Gasteiger charge is 2.27. The Morgan fingerprint density at radius 1 is 1.48 bits per heavy atom. The van der Waals surface area contributed by atoms with Crippen LogP contribution < -0.4 is 0 Å². The molecule has 1 aliphatic rings. The van der Waals surface area contributed by atoms with Crippen molar-refractivity contribution in [3.63, 3.8) is 0 Å². The number of aromatic nitrogens is 1. The monoisotopic (exact) mass is 336 g/mol. The van der Waals surface area contributed by atoms with Gasteiger partial charge in [-0.15, -0.1) is 11.3 Å². The average Bonchev–Trinajstić information content (AvgIpc) is 3.20.